The number of hydrogen-bond acceptors (Lipinski definition) is 1. The van der Waals surface area contributed by atoms with E-state index in [-0.39, 0.29) is 0 Å². The van der Waals surface area contributed by atoms with Gasteiger partial charge < -0.3 is 0 Å². The summed E-state index contributed by atoms with van der Waals surface area (Å²) in [5.41, 5.74) is 1.44. The van der Waals surface area contributed by atoms with E-state index in [1.807, 2.05) is 18.5 Å². The van der Waals surface area contributed by atoms with Crippen molar-refractivity contribution in [2.45, 2.75) is 25.7 Å². The van der Waals surface area contributed by atoms with Crippen LogP contribution in [0.2, 0.25) is 0 Å². The fraction of sp³-hybridized carbons (Fsp3) is 0.500. The number of rotatable bonds is 1. The Bertz CT molecular complexity index is 217. The van der Waals surface area contributed by atoms with Crippen LogP contribution in [0.4, 0.5) is 0 Å². The first-order valence-electron chi connectivity index (χ1n) is 4.37. The van der Waals surface area contributed by atoms with E-state index in [2.05, 4.69) is 11.1 Å². The summed E-state index contributed by atoms with van der Waals surface area (Å²) in [6.45, 7) is 0. The smallest absolute Gasteiger partial charge is 0.0527 e. The van der Waals surface area contributed by atoms with Gasteiger partial charge in [-0.05, 0) is 24.8 Å². The van der Waals surface area contributed by atoms with E-state index >= 15 is 0 Å². The van der Waals surface area contributed by atoms with Crippen molar-refractivity contribution in [3.8, 4) is 0 Å². The van der Waals surface area contributed by atoms with E-state index in [1.54, 1.807) is 0 Å². The average molecular weight is 147 g/mol. The van der Waals surface area contributed by atoms with Crippen LogP contribution in [0.5, 0.6) is 0 Å². The quantitative estimate of drug-likeness (QED) is 0.539. The second-order valence-electron chi connectivity index (χ2n) is 3.27. The molecule has 1 saturated carbocycles. The van der Waals surface area contributed by atoms with Crippen molar-refractivity contribution in [3.05, 3.63) is 23.9 Å². The third kappa shape index (κ3) is 1.42. The van der Waals surface area contributed by atoms with Crippen LogP contribution in [0, 0.1) is 5.92 Å². The molecule has 1 heterocycles. The molecule has 2 rings (SSSR count). The zero-order valence-corrected chi connectivity index (χ0v) is 6.66. The van der Waals surface area contributed by atoms with E-state index in [0.29, 0.717) is 0 Å². The fourth-order valence-corrected chi connectivity index (χ4v) is 1.88. The van der Waals surface area contributed by atoms with Gasteiger partial charge in [0.1, 0.15) is 0 Å². The molecule has 0 aromatic rings. The van der Waals surface area contributed by atoms with Gasteiger partial charge in [0.2, 0.25) is 12.4 Å². The molecule has 0 unspecified atom stereocenters. The van der Waals surface area contributed by atoms with Crippen molar-refractivity contribution in [2.24, 2.45) is 5.92 Å². The summed E-state index contributed by atoms with van der Waals surface area (Å²) in [6.07, 6.45) is 13.6. The second-order valence-corrected chi connectivity index (χ2v) is 3.27. The standard InChI is InChI=1S/C10H13N/c1-2-5-9(4-1)10-6-3-7-11-8-10/h3,6-9H,1-2,4-5H2/q+1. The first-order chi connectivity index (χ1) is 5.47. The zero-order chi connectivity index (χ0) is 7.52. The van der Waals surface area contributed by atoms with Gasteiger partial charge in [0.05, 0.1) is 4.99 Å². The molecule has 1 heteroatoms. The van der Waals surface area contributed by atoms with E-state index in [1.165, 1.54) is 31.3 Å². The van der Waals surface area contributed by atoms with Crippen molar-refractivity contribution in [1.82, 2.24) is 4.99 Å². The summed E-state index contributed by atoms with van der Waals surface area (Å²) in [5, 5.41) is 0. The molecule has 0 amide bonds. The minimum Gasteiger partial charge on any atom is -0.0527 e. The summed E-state index contributed by atoms with van der Waals surface area (Å²) < 4.78 is 0. The lowest BCUT2D eigenvalue weighted by atomic mass is 9.97. The van der Waals surface area contributed by atoms with Gasteiger partial charge in [0, 0.05) is 11.6 Å². The van der Waals surface area contributed by atoms with Gasteiger partial charge in [0.15, 0.2) is 0 Å². The zero-order valence-electron chi connectivity index (χ0n) is 6.66. The highest BCUT2D eigenvalue weighted by Gasteiger charge is 2.20. The molecule has 1 fully saturated rings. The van der Waals surface area contributed by atoms with Gasteiger partial charge >= 0.3 is 0 Å². The van der Waals surface area contributed by atoms with Gasteiger partial charge in [-0.3, -0.25) is 0 Å². The Labute approximate surface area is 67.5 Å². The molecule has 0 bridgehead atoms. The SMILES string of the molecule is C1=C[N+]=CC(C2CCCC2)=C1. The van der Waals surface area contributed by atoms with Crippen LogP contribution in [0.15, 0.2) is 23.9 Å². The molecule has 0 aromatic heterocycles. The Morgan fingerprint density at radius 1 is 1.27 bits per heavy atom. The van der Waals surface area contributed by atoms with E-state index < -0.39 is 0 Å². The molecular formula is C10H13N+. The Morgan fingerprint density at radius 2 is 2.09 bits per heavy atom. The van der Waals surface area contributed by atoms with Crippen LogP contribution < -0.4 is 4.99 Å². The maximum atomic E-state index is 4.13. The Kier molecular flexibility index (Phi) is 1.89. The van der Waals surface area contributed by atoms with Crippen molar-refractivity contribution in [2.75, 3.05) is 0 Å². The lowest BCUT2D eigenvalue weighted by molar-refractivity contribution is 0.667. The largest absolute Gasteiger partial charge is 0.245 e. The molecule has 1 aliphatic carbocycles. The van der Waals surface area contributed by atoms with Crippen molar-refractivity contribution < 1.29 is 0 Å². The first-order valence-corrected chi connectivity index (χ1v) is 4.37. The predicted octanol–water partition coefficient (Wildman–Crippen LogP) is 2.04. The monoisotopic (exact) mass is 147 g/mol. The second kappa shape index (κ2) is 3.04. The van der Waals surface area contributed by atoms with Crippen LogP contribution in [-0.4, -0.2) is 6.21 Å². The van der Waals surface area contributed by atoms with E-state index in [0.717, 1.165) is 5.92 Å². The third-order valence-electron chi connectivity index (χ3n) is 2.51. The van der Waals surface area contributed by atoms with Crippen molar-refractivity contribution >= 4 is 6.21 Å². The summed E-state index contributed by atoms with van der Waals surface area (Å²) in [5.74, 6) is 0.809. The molecule has 0 N–H and O–H groups in total. The minimum absolute atomic E-state index is 0.809. The molecule has 11 heavy (non-hydrogen) atoms. The number of hydrogen-bond donors (Lipinski definition) is 0. The summed E-state index contributed by atoms with van der Waals surface area (Å²) in [7, 11) is 0. The number of aliphatic imine (C=N–C) groups is 1. The maximum absolute atomic E-state index is 4.13. The van der Waals surface area contributed by atoms with Crippen LogP contribution in [0.25, 0.3) is 0 Å². The lowest BCUT2D eigenvalue weighted by Crippen LogP contribution is -2.04. The highest BCUT2D eigenvalue weighted by Crippen LogP contribution is 2.30. The Morgan fingerprint density at radius 3 is 2.73 bits per heavy atom. The molecule has 2 aliphatic rings. The fourth-order valence-electron chi connectivity index (χ4n) is 1.88. The van der Waals surface area contributed by atoms with Crippen LogP contribution >= 0.6 is 0 Å². The molecular weight excluding hydrogens is 134 g/mol. The molecule has 0 saturated heterocycles. The van der Waals surface area contributed by atoms with Gasteiger partial charge in [0.25, 0.3) is 0 Å². The van der Waals surface area contributed by atoms with Crippen molar-refractivity contribution in [1.29, 1.82) is 0 Å². The summed E-state index contributed by atoms with van der Waals surface area (Å²) in [6, 6.07) is 0. The minimum atomic E-state index is 0.809. The lowest BCUT2D eigenvalue weighted by Gasteiger charge is -2.05. The van der Waals surface area contributed by atoms with Gasteiger partial charge in [-0.1, -0.05) is 12.8 Å². The molecule has 1 aliphatic heterocycles. The van der Waals surface area contributed by atoms with E-state index in [9.17, 15) is 0 Å². The summed E-state index contributed by atoms with van der Waals surface area (Å²) >= 11 is 0. The van der Waals surface area contributed by atoms with E-state index in [4.69, 9.17) is 0 Å². The average Bonchev–Trinajstić information content (AvgIpc) is 2.58. The van der Waals surface area contributed by atoms with Crippen LogP contribution in [0.3, 0.4) is 0 Å². The third-order valence-corrected chi connectivity index (χ3v) is 2.51. The Hall–Kier alpha value is -0.850. The van der Waals surface area contributed by atoms with Crippen LogP contribution in [0.1, 0.15) is 25.7 Å². The van der Waals surface area contributed by atoms with Gasteiger partial charge in [-0.2, -0.15) is 0 Å². The molecule has 0 spiro atoms. The normalized spacial score (nSPS) is 24.2. The molecule has 57 valence electrons. The highest BCUT2D eigenvalue weighted by molar-refractivity contribution is 5.80. The first kappa shape index (κ1) is 6.84. The number of nitrogens with zero attached hydrogens (tertiary/aromatic N) is 1. The molecule has 1 radical (unpaired) electrons. The maximum Gasteiger partial charge on any atom is 0.245 e. The molecule has 0 aromatic carbocycles. The summed E-state index contributed by atoms with van der Waals surface area (Å²) in [4.78, 5) is 4.13. The number of allylic oxidation sites excluding steroid dienone is 3. The topological polar surface area (TPSA) is 14.1 Å². The van der Waals surface area contributed by atoms with Crippen LogP contribution in [-0.2, 0) is 0 Å². The predicted molar refractivity (Wildman–Crippen MR) is 47.4 cm³/mol. The highest BCUT2D eigenvalue weighted by atomic mass is 14.7. The van der Waals surface area contributed by atoms with Gasteiger partial charge in [-0.15, -0.1) is 0 Å². The molecule has 0 atom stereocenters. The van der Waals surface area contributed by atoms with Crippen molar-refractivity contribution in [3.63, 3.8) is 0 Å². The van der Waals surface area contributed by atoms with Gasteiger partial charge in [-0.25, -0.2) is 0 Å². The molecule has 1 nitrogen and oxygen atoms in total. The Balaban J connectivity index is 2.09.